The maximum absolute atomic E-state index is 11.7. The van der Waals surface area contributed by atoms with E-state index in [-0.39, 0.29) is 5.97 Å². The van der Waals surface area contributed by atoms with E-state index < -0.39 is 5.60 Å². The van der Waals surface area contributed by atoms with Crippen molar-refractivity contribution in [2.45, 2.75) is 52.6 Å². The normalized spacial score (nSPS) is 11.6. The van der Waals surface area contributed by atoms with Crippen molar-refractivity contribution in [3.8, 4) is 16.9 Å². The van der Waals surface area contributed by atoms with Crippen molar-refractivity contribution in [2.75, 3.05) is 6.61 Å². The first kappa shape index (κ1) is 20.8. The fraction of sp³-hybridized carbons (Fsp3) is 0.375. The van der Waals surface area contributed by atoms with Gasteiger partial charge in [0.1, 0.15) is 11.4 Å². The Kier molecular flexibility index (Phi) is 7.66. The van der Waals surface area contributed by atoms with Gasteiger partial charge in [0, 0.05) is 6.08 Å². The van der Waals surface area contributed by atoms with Crippen LogP contribution in [0, 0.1) is 0 Å². The van der Waals surface area contributed by atoms with Gasteiger partial charge in [0.05, 0.1) is 6.61 Å². The summed E-state index contributed by atoms with van der Waals surface area (Å²) in [5, 5.41) is 0. The molecule has 0 aliphatic heterocycles. The van der Waals surface area contributed by atoms with Gasteiger partial charge in [-0.05, 0) is 62.1 Å². The Morgan fingerprint density at radius 1 is 0.926 bits per heavy atom. The monoisotopic (exact) mass is 366 g/mol. The molecule has 0 aliphatic carbocycles. The van der Waals surface area contributed by atoms with E-state index in [0.717, 1.165) is 35.5 Å². The molecule has 2 rings (SSSR count). The molecule has 0 bridgehead atoms. The third kappa shape index (κ3) is 7.69. The third-order valence-corrected chi connectivity index (χ3v) is 3.93. The predicted octanol–water partition coefficient (Wildman–Crippen LogP) is 6.28. The lowest BCUT2D eigenvalue weighted by Gasteiger charge is -2.17. The standard InChI is InChI=1S/C24H30O3/c1-5-6-7-18-26-22-15-13-21(14-16-22)20-11-8-19(9-12-20)10-17-23(25)27-24(2,3)4/h8-17H,5-7,18H2,1-4H3/b17-10+. The Hall–Kier alpha value is -2.55. The summed E-state index contributed by atoms with van der Waals surface area (Å²) in [6.45, 7) is 8.53. The van der Waals surface area contributed by atoms with E-state index in [1.54, 1.807) is 6.08 Å². The van der Waals surface area contributed by atoms with Gasteiger partial charge in [-0.2, -0.15) is 0 Å². The minimum Gasteiger partial charge on any atom is -0.494 e. The minimum atomic E-state index is -0.475. The lowest BCUT2D eigenvalue weighted by molar-refractivity contribution is -0.148. The number of unbranched alkanes of at least 4 members (excludes halogenated alkanes) is 2. The van der Waals surface area contributed by atoms with Crippen molar-refractivity contribution in [3.63, 3.8) is 0 Å². The molecule has 0 unspecified atom stereocenters. The number of esters is 1. The zero-order valence-corrected chi connectivity index (χ0v) is 16.8. The van der Waals surface area contributed by atoms with E-state index in [1.807, 2.05) is 57.2 Å². The summed E-state index contributed by atoms with van der Waals surface area (Å²) >= 11 is 0. The van der Waals surface area contributed by atoms with E-state index in [0.29, 0.717) is 0 Å². The van der Waals surface area contributed by atoms with Gasteiger partial charge in [-0.1, -0.05) is 56.2 Å². The Balaban J connectivity index is 1.93. The summed E-state index contributed by atoms with van der Waals surface area (Å²) in [7, 11) is 0. The second kappa shape index (κ2) is 9.96. The van der Waals surface area contributed by atoms with E-state index in [1.165, 1.54) is 18.9 Å². The Morgan fingerprint density at radius 2 is 1.52 bits per heavy atom. The highest BCUT2D eigenvalue weighted by atomic mass is 16.6. The van der Waals surface area contributed by atoms with Crippen molar-refractivity contribution >= 4 is 12.0 Å². The minimum absolute atomic E-state index is 0.332. The first-order valence-corrected chi connectivity index (χ1v) is 9.62. The molecule has 0 atom stereocenters. The van der Waals surface area contributed by atoms with Crippen LogP contribution >= 0.6 is 0 Å². The molecule has 0 N–H and O–H groups in total. The molecule has 27 heavy (non-hydrogen) atoms. The van der Waals surface area contributed by atoms with Gasteiger partial charge in [0.25, 0.3) is 0 Å². The van der Waals surface area contributed by atoms with Gasteiger partial charge in [-0.3, -0.25) is 0 Å². The van der Waals surface area contributed by atoms with Crippen molar-refractivity contribution in [3.05, 3.63) is 60.2 Å². The van der Waals surface area contributed by atoms with Gasteiger partial charge in [0.2, 0.25) is 0 Å². The summed E-state index contributed by atoms with van der Waals surface area (Å²) in [6.07, 6.45) is 6.73. The molecule has 144 valence electrons. The summed E-state index contributed by atoms with van der Waals surface area (Å²) in [5.41, 5.74) is 2.75. The highest BCUT2D eigenvalue weighted by molar-refractivity contribution is 5.87. The molecule has 2 aromatic carbocycles. The zero-order chi connectivity index (χ0) is 19.7. The summed E-state index contributed by atoms with van der Waals surface area (Å²) in [6, 6.07) is 16.2. The number of rotatable bonds is 8. The third-order valence-electron chi connectivity index (χ3n) is 3.93. The van der Waals surface area contributed by atoms with Crippen LogP contribution in [0.3, 0.4) is 0 Å². The Bertz CT molecular complexity index is 735. The molecule has 0 saturated heterocycles. The zero-order valence-electron chi connectivity index (χ0n) is 16.8. The number of ether oxygens (including phenoxy) is 2. The smallest absolute Gasteiger partial charge is 0.331 e. The lowest BCUT2D eigenvalue weighted by atomic mass is 10.0. The topological polar surface area (TPSA) is 35.5 Å². The molecule has 3 heteroatoms. The predicted molar refractivity (Wildman–Crippen MR) is 112 cm³/mol. The molecule has 0 fully saturated rings. The van der Waals surface area contributed by atoms with Gasteiger partial charge in [-0.15, -0.1) is 0 Å². The number of hydrogen-bond acceptors (Lipinski definition) is 3. The molecule has 0 aromatic heterocycles. The van der Waals surface area contributed by atoms with Crippen LogP contribution in [0.4, 0.5) is 0 Å². The SMILES string of the molecule is CCCCCOc1ccc(-c2ccc(/C=C/C(=O)OC(C)(C)C)cc2)cc1. The number of carbonyl (C=O) groups excluding carboxylic acids is 1. The molecule has 0 radical (unpaired) electrons. The fourth-order valence-electron chi connectivity index (χ4n) is 2.57. The molecule has 0 amide bonds. The van der Waals surface area contributed by atoms with Crippen molar-refractivity contribution in [1.29, 1.82) is 0 Å². The second-order valence-electron chi connectivity index (χ2n) is 7.57. The molecule has 0 spiro atoms. The summed E-state index contributed by atoms with van der Waals surface area (Å²) in [4.78, 5) is 11.7. The number of hydrogen-bond donors (Lipinski definition) is 0. The lowest BCUT2D eigenvalue weighted by Crippen LogP contribution is -2.22. The van der Waals surface area contributed by atoms with E-state index in [4.69, 9.17) is 9.47 Å². The maximum Gasteiger partial charge on any atom is 0.331 e. The van der Waals surface area contributed by atoms with Crippen LogP contribution in [-0.2, 0) is 9.53 Å². The van der Waals surface area contributed by atoms with Crippen LogP contribution in [0.15, 0.2) is 54.6 Å². The molecule has 2 aromatic rings. The average molecular weight is 367 g/mol. The molecule has 0 aliphatic rings. The second-order valence-corrected chi connectivity index (χ2v) is 7.57. The Morgan fingerprint density at radius 3 is 2.07 bits per heavy atom. The molecular weight excluding hydrogens is 336 g/mol. The van der Waals surface area contributed by atoms with Crippen LogP contribution in [0.25, 0.3) is 17.2 Å². The summed E-state index contributed by atoms with van der Waals surface area (Å²) < 4.78 is 11.0. The van der Waals surface area contributed by atoms with Crippen LogP contribution < -0.4 is 4.74 Å². The van der Waals surface area contributed by atoms with Crippen molar-refractivity contribution < 1.29 is 14.3 Å². The number of carbonyl (C=O) groups is 1. The van der Waals surface area contributed by atoms with Crippen molar-refractivity contribution in [2.24, 2.45) is 0 Å². The first-order chi connectivity index (χ1) is 12.9. The van der Waals surface area contributed by atoms with Crippen LogP contribution in [-0.4, -0.2) is 18.2 Å². The maximum atomic E-state index is 11.7. The van der Waals surface area contributed by atoms with Gasteiger partial charge in [0.15, 0.2) is 0 Å². The fourth-order valence-corrected chi connectivity index (χ4v) is 2.57. The van der Waals surface area contributed by atoms with Crippen LogP contribution in [0.1, 0.15) is 52.5 Å². The number of benzene rings is 2. The largest absolute Gasteiger partial charge is 0.494 e. The van der Waals surface area contributed by atoms with Gasteiger partial charge >= 0.3 is 5.97 Å². The van der Waals surface area contributed by atoms with E-state index in [9.17, 15) is 4.79 Å². The van der Waals surface area contributed by atoms with Crippen LogP contribution in [0.2, 0.25) is 0 Å². The first-order valence-electron chi connectivity index (χ1n) is 9.62. The quantitative estimate of drug-likeness (QED) is 0.313. The van der Waals surface area contributed by atoms with E-state index in [2.05, 4.69) is 19.1 Å². The summed E-state index contributed by atoms with van der Waals surface area (Å²) in [5.74, 6) is 0.577. The van der Waals surface area contributed by atoms with Crippen molar-refractivity contribution in [1.82, 2.24) is 0 Å². The molecule has 0 saturated carbocycles. The van der Waals surface area contributed by atoms with Gasteiger partial charge in [-0.25, -0.2) is 4.79 Å². The molecular formula is C24H30O3. The van der Waals surface area contributed by atoms with Crippen LogP contribution in [0.5, 0.6) is 5.75 Å². The molecule has 3 nitrogen and oxygen atoms in total. The Labute approximate surface area is 163 Å². The highest BCUT2D eigenvalue weighted by Gasteiger charge is 2.13. The van der Waals surface area contributed by atoms with Gasteiger partial charge < -0.3 is 9.47 Å². The molecule has 0 heterocycles. The average Bonchev–Trinajstić information content (AvgIpc) is 2.63. The highest BCUT2D eigenvalue weighted by Crippen LogP contribution is 2.23. The van der Waals surface area contributed by atoms with E-state index >= 15 is 0 Å².